The summed E-state index contributed by atoms with van der Waals surface area (Å²) in [5, 5.41) is 2.98. The van der Waals surface area contributed by atoms with Crippen molar-refractivity contribution in [2.45, 2.75) is 25.4 Å². The molecule has 6 rings (SSSR count). The quantitative estimate of drug-likeness (QED) is 0.340. The number of hydrogen-bond donors (Lipinski definition) is 1. The first-order valence-electron chi connectivity index (χ1n) is 14.3. The molecule has 2 aliphatic heterocycles. The smallest absolute Gasteiger partial charge is 0.258 e. The van der Waals surface area contributed by atoms with Gasteiger partial charge in [0.1, 0.15) is 0 Å². The number of anilines is 2. The fourth-order valence-electron chi connectivity index (χ4n) is 5.95. The molecule has 0 aromatic heterocycles. The second-order valence-electron chi connectivity index (χ2n) is 11.3. The van der Waals surface area contributed by atoms with Crippen molar-refractivity contribution in [3.63, 3.8) is 0 Å². The van der Waals surface area contributed by atoms with Gasteiger partial charge in [0.05, 0.1) is 17.3 Å². The van der Waals surface area contributed by atoms with Crippen molar-refractivity contribution in [2.75, 3.05) is 37.4 Å². The molecule has 3 amide bonds. The maximum absolute atomic E-state index is 13.9. The lowest BCUT2D eigenvalue weighted by molar-refractivity contribution is 0.0737. The van der Waals surface area contributed by atoms with Gasteiger partial charge in [-0.05, 0) is 81.0 Å². The summed E-state index contributed by atoms with van der Waals surface area (Å²) in [4.78, 5) is 46.5. The Balaban J connectivity index is 1.23. The molecule has 0 aliphatic carbocycles. The van der Waals surface area contributed by atoms with Crippen LogP contribution in [0.2, 0.25) is 0 Å². The van der Waals surface area contributed by atoms with Crippen LogP contribution in [-0.4, -0.2) is 66.8 Å². The van der Waals surface area contributed by atoms with Crippen LogP contribution in [0.4, 0.5) is 11.4 Å². The van der Waals surface area contributed by atoms with E-state index in [1.54, 1.807) is 35.2 Å². The molecule has 0 saturated carbocycles. The van der Waals surface area contributed by atoms with Gasteiger partial charge in [-0.25, -0.2) is 0 Å². The number of nitrogens with zero attached hydrogens (tertiary/aromatic N) is 3. The summed E-state index contributed by atoms with van der Waals surface area (Å²) in [6.07, 6.45) is 0.811. The molecule has 2 atom stereocenters. The predicted molar refractivity (Wildman–Crippen MR) is 166 cm³/mol. The van der Waals surface area contributed by atoms with Gasteiger partial charge < -0.3 is 20.0 Å². The fraction of sp³-hybridized carbons (Fsp3) is 0.229. The van der Waals surface area contributed by atoms with Gasteiger partial charge in [0.2, 0.25) is 0 Å². The largest absolute Gasteiger partial charge is 0.332 e. The zero-order valence-corrected chi connectivity index (χ0v) is 24.1. The highest BCUT2D eigenvalue weighted by Crippen LogP contribution is 2.34. The van der Waals surface area contributed by atoms with Crippen LogP contribution < -0.4 is 10.2 Å². The molecule has 4 aromatic rings. The molecule has 1 fully saturated rings. The van der Waals surface area contributed by atoms with E-state index in [1.165, 1.54) is 0 Å². The average Bonchev–Trinajstić information content (AvgIpc) is 3.40. The molecule has 0 spiro atoms. The van der Waals surface area contributed by atoms with E-state index < -0.39 is 0 Å². The van der Waals surface area contributed by atoms with Crippen molar-refractivity contribution in [3.8, 4) is 11.1 Å². The van der Waals surface area contributed by atoms with Gasteiger partial charge >= 0.3 is 0 Å². The number of aryl methyl sites for hydroxylation is 1. The van der Waals surface area contributed by atoms with Crippen LogP contribution in [0.3, 0.4) is 0 Å². The van der Waals surface area contributed by atoms with Crippen molar-refractivity contribution >= 4 is 29.1 Å². The second-order valence-corrected chi connectivity index (χ2v) is 11.3. The summed E-state index contributed by atoms with van der Waals surface area (Å²) in [5.74, 6) is -0.422. The lowest BCUT2D eigenvalue weighted by Crippen LogP contribution is -2.42. The number of hydrogen-bond acceptors (Lipinski definition) is 4. The molecule has 4 aromatic carbocycles. The van der Waals surface area contributed by atoms with Crippen LogP contribution >= 0.6 is 0 Å². The number of likely N-dealkylation sites (N-methyl/N-ethyl adjacent to an activating group) is 1. The fourth-order valence-corrected chi connectivity index (χ4v) is 5.95. The van der Waals surface area contributed by atoms with E-state index >= 15 is 0 Å². The molecule has 2 heterocycles. The third-order valence-corrected chi connectivity index (χ3v) is 8.37. The predicted octanol–water partition coefficient (Wildman–Crippen LogP) is 5.72. The lowest BCUT2D eigenvalue weighted by atomic mass is 9.98. The Hall–Kier alpha value is -4.75. The number of fused-ring (bicyclic) bond motifs is 2. The third kappa shape index (κ3) is 5.19. The molecule has 7 heteroatoms. The van der Waals surface area contributed by atoms with Gasteiger partial charge in [-0.2, -0.15) is 0 Å². The molecule has 2 aliphatic rings. The highest BCUT2D eigenvalue weighted by atomic mass is 16.2. The van der Waals surface area contributed by atoms with Gasteiger partial charge in [0.25, 0.3) is 17.7 Å². The first-order chi connectivity index (χ1) is 20.3. The van der Waals surface area contributed by atoms with Crippen LogP contribution in [0.15, 0.2) is 97.1 Å². The molecule has 42 heavy (non-hydrogen) atoms. The molecule has 1 N–H and O–H groups in total. The Kier molecular flexibility index (Phi) is 7.35. The Morgan fingerprint density at radius 3 is 2.19 bits per heavy atom. The summed E-state index contributed by atoms with van der Waals surface area (Å²) < 4.78 is 0. The average molecular weight is 559 g/mol. The summed E-state index contributed by atoms with van der Waals surface area (Å²) >= 11 is 0. The minimum absolute atomic E-state index is 0.0285. The minimum Gasteiger partial charge on any atom is -0.332 e. The van der Waals surface area contributed by atoms with Gasteiger partial charge in [-0.3, -0.25) is 14.4 Å². The van der Waals surface area contributed by atoms with E-state index in [-0.39, 0.29) is 29.8 Å². The van der Waals surface area contributed by atoms with Gasteiger partial charge in [0.15, 0.2) is 0 Å². The van der Waals surface area contributed by atoms with Crippen LogP contribution in [0.5, 0.6) is 0 Å². The summed E-state index contributed by atoms with van der Waals surface area (Å²) in [6, 6.07) is 30.1. The number of nitrogens with one attached hydrogen (secondary N) is 1. The zero-order valence-electron chi connectivity index (χ0n) is 24.1. The van der Waals surface area contributed by atoms with Gasteiger partial charge in [-0.1, -0.05) is 60.2 Å². The third-order valence-electron chi connectivity index (χ3n) is 8.37. The van der Waals surface area contributed by atoms with Crippen LogP contribution in [-0.2, 0) is 0 Å². The van der Waals surface area contributed by atoms with Gasteiger partial charge in [-0.15, -0.1) is 0 Å². The Morgan fingerprint density at radius 1 is 0.810 bits per heavy atom. The Labute approximate surface area is 246 Å². The van der Waals surface area contributed by atoms with Crippen molar-refractivity contribution in [3.05, 3.63) is 119 Å². The van der Waals surface area contributed by atoms with E-state index in [1.807, 2.05) is 92.6 Å². The number of amides is 3. The minimum atomic E-state index is -0.220. The molecule has 212 valence electrons. The monoisotopic (exact) mass is 558 g/mol. The van der Waals surface area contributed by atoms with Gasteiger partial charge in [0, 0.05) is 35.9 Å². The summed E-state index contributed by atoms with van der Waals surface area (Å²) in [6.45, 7) is 3.11. The van der Waals surface area contributed by atoms with E-state index in [0.29, 0.717) is 41.2 Å². The zero-order chi connectivity index (χ0) is 29.4. The van der Waals surface area contributed by atoms with Crippen LogP contribution in [0.1, 0.15) is 43.1 Å². The number of carbonyl (C=O) groups is 3. The summed E-state index contributed by atoms with van der Waals surface area (Å²) in [7, 11) is 4.06. The normalized spacial score (nSPS) is 18.0. The molecule has 1 saturated heterocycles. The first kappa shape index (κ1) is 27.4. The lowest BCUT2D eigenvalue weighted by Gasteiger charge is -2.26. The molecular weight excluding hydrogens is 524 g/mol. The highest BCUT2D eigenvalue weighted by molar-refractivity contribution is 6.12. The van der Waals surface area contributed by atoms with Crippen LogP contribution in [0.25, 0.3) is 11.1 Å². The highest BCUT2D eigenvalue weighted by Gasteiger charge is 2.42. The maximum atomic E-state index is 13.9. The van der Waals surface area contributed by atoms with E-state index in [2.05, 4.69) is 10.2 Å². The van der Waals surface area contributed by atoms with Crippen molar-refractivity contribution in [2.24, 2.45) is 0 Å². The van der Waals surface area contributed by atoms with E-state index in [0.717, 1.165) is 23.1 Å². The first-order valence-corrected chi connectivity index (χ1v) is 14.3. The Bertz CT molecular complexity index is 1650. The van der Waals surface area contributed by atoms with E-state index in [4.69, 9.17) is 0 Å². The van der Waals surface area contributed by atoms with Crippen LogP contribution in [0, 0.1) is 6.92 Å². The molecule has 0 unspecified atom stereocenters. The second kappa shape index (κ2) is 11.3. The standard InChI is InChI=1S/C35H34N4O3/c1-23-12-14-24(15-13-23)29-8-4-5-9-30(29)33(40)36-26-18-16-25(17-19-26)34(41)39-22-28-20-27(37(2)3)21-38(28)35(42)31-10-6-7-11-32(31)39/h4-19,27-28H,20-22H2,1-3H3,(H,36,40)/t27-,28-/m1/s1. The number of carbonyl (C=O) groups excluding carboxylic acids is 3. The van der Waals surface area contributed by atoms with E-state index in [9.17, 15) is 14.4 Å². The van der Waals surface area contributed by atoms with Crippen molar-refractivity contribution < 1.29 is 14.4 Å². The Morgan fingerprint density at radius 2 is 1.48 bits per heavy atom. The van der Waals surface area contributed by atoms with Crippen molar-refractivity contribution in [1.82, 2.24) is 9.80 Å². The molecule has 0 bridgehead atoms. The summed E-state index contributed by atoms with van der Waals surface area (Å²) in [5.41, 5.74) is 5.82. The molecule has 7 nitrogen and oxygen atoms in total. The number of benzene rings is 4. The van der Waals surface area contributed by atoms with Crippen molar-refractivity contribution in [1.29, 1.82) is 0 Å². The number of rotatable bonds is 5. The number of para-hydroxylation sites is 1. The topological polar surface area (TPSA) is 73.0 Å². The maximum Gasteiger partial charge on any atom is 0.258 e. The molecular formula is C35H34N4O3. The molecule has 0 radical (unpaired) electrons. The SMILES string of the molecule is Cc1ccc(-c2ccccc2C(=O)Nc2ccc(C(=O)N3C[C@H]4C[C@@H](N(C)C)CN4C(=O)c4ccccc43)cc2)cc1.